The Morgan fingerprint density at radius 2 is 0.808 bits per heavy atom. The molecule has 0 aromatic carbocycles. The number of carbonyl (C=O) groups excluding carboxylic acids is 6. The van der Waals surface area contributed by atoms with Gasteiger partial charge in [-0.05, 0) is 51.0 Å². The topological polar surface area (TPSA) is 222 Å². The normalized spacial score (nSPS) is 31.2. The van der Waals surface area contributed by atoms with Gasteiger partial charge in [0.15, 0.2) is 11.6 Å². The fourth-order valence-electron chi connectivity index (χ4n) is 5.31. The standard InChI is InChI=1S/C36H36O16/c1-5-33(3)45-25(37)21(26(38)46-33)13-9-7-11-15-23-29(41)49-35(50-30(23)42)17-19-36(20-18-35)51-31(43)24(32(44)52-36)16-12-8-10-14-22-27(39)47-34(4,6-2)48-28(22)40/h7-16,37,39H,5-6,17-20H2,1-4H3/p-2/b11-7+,12-8+,13-9+,14-10+,23-15?,24-16?. The molecule has 5 rings (SSSR count). The molecule has 52 heavy (non-hydrogen) atoms. The number of hydrogen-bond donors (Lipinski definition) is 0. The van der Waals surface area contributed by atoms with Gasteiger partial charge in [0.05, 0.1) is 23.0 Å². The number of allylic oxidation sites excluding steroid dienone is 8. The molecule has 0 amide bonds. The summed E-state index contributed by atoms with van der Waals surface area (Å²) in [5, 5.41) is 24.3. The van der Waals surface area contributed by atoms with Crippen LogP contribution >= 0.6 is 0 Å². The second-order valence-electron chi connectivity index (χ2n) is 12.4. The molecule has 0 bridgehead atoms. The van der Waals surface area contributed by atoms with Crippen molar-refractivity contribution in [3.05, 3.63) is 94.9 Å². The molecule has 0 radical (unpaired) electrons. The summed E-state index contributed by atoms with van der Waals surface area (Å²) in [6.07, 6.45) is 12.4. The molecule has 276 valence electrons. The van der Waals surface area contributed by atoms with E-state index in [1.807, 2.05) is 0 Å². The van der Waals surface area contributed by atoms with Crippen LogP contribution in [0, 0.1) is 0 Å². The Morgan fingerprint density at radius 3 is 1.10 bits per heavy atom. The van der Waals surface area contributed by atoms with Crippen LogP contribution in [0.15, 0.2) is 94.9 Å². The monoisotopic (exact) mass is 722 g/mol. The van der Waals surface area contributed by atoms with Crippen LogP contribution in [0.1, 0.15) is 66.2 Å². The third-order valence-corrected chi connectivity index (χ3v) is 8.66. The SMILES string of the molecule is CCC1(C)OC(=O)C(/C=C/C=C/C=C2C(=O)OC3(CCC4(CC3)OC(=O)C(=C/C=C/C=C/C3=C([O-])OC(C)(CC)OC3=O)C(=O)O4)OC2=O)=C([O-])O1. The zero-order chi connectivity index (χ0) is 37.9. The summed E-state index contributed by atoms with van der Waals surface area (Å²) >= 11 is 0. The zero-order valence-electron chi connectivity index (χ0n) is 28.5. The average molecular weight is 723 g/mol. The number of carbonyl (C=O) groups is 6. The second-order valence-corrected chi connectivity index (χ2v) is 12.4. The van der Waals surface area contributed by atoms with E-state index in [9.17, 15) is 39.0 Å². The van der Waals surface area contributed by atoms with E-state index in [4.69, 9.17) is 37.9 Å². The minimum atomic E-state index is -1.68. The molecule has 3 fully saturated rings. The Balaban J connectivity index is 1.14. The molecular weight excluding hydrogens is 688 g/mol. The largest absolute Gasteiger partial charge is 0.574 e. The predicted molar refractivity (Wildman–Crippen MR) is 167 cm³/mol. The lowest BCUT2D eigenvalue weighted by Crippen LogP contribution is -2.56. The summed E-state index contributed by atoms with van der Waals surface area (Å²) in [4.78, 5) is 75.4. The molecule has 1 saturated carbocycles. The van der Waals surface area contributed by atoms with Gasteiger partial charge in [-0.15, -0.1) is 0 Å². The number of cyclic esters (lactones) is 2. The van der Waals surface area contributed by atoms with Gasteiger partial charge >= 0.3 is 35.8 Å². The average Bonchev–Trinajstić information content (AvgIpc) is 3.06. The van der Waals surface area contributed by atoms with Crippen LogP contribution in [0.5, 0.6) is 0 Å². The maximum atomic E-state index is 12.8. The van der Waals surface area contributed by atoms with Gasteiger partial charge in [0.1, 0.15) is 11.1 Å². The predicted octanol–water partition coefficient (Wildman–Crippen LogP) is 1.77. The van der Waals surface area contributed by atoms with Crippen LogP contribution in [-0.2, 0) is 66.7 Å². The van der Waals surface area contributed by atoms with Crippen LogP contribution in [0.2, 0.25) is 0 Å². The van der Waals surface area contributed by atoms with Crippen molar-refractivity contribution in [1.29, 1.82) is 0 Å². The molecule has 16 heteroatoms. The molecule has 4 heterocycles. The summed E-state index contributed by atoms with van der Waals surface area (Å²) in [6, 6.07) is 0. The van der Waals surface area contributed by atoms with E-state index in [2.05, 4.69) is 0 Å². The molecular formula is C36H34O16-2. The first kappa shape index (κ1) is 37.2. The Labute approximate surface area is 296 Å². The van der Waals surface area contributed by atoms with E-state index >= 15 is 0 Å². The molecule has 2 atom stereocenters. The van der Waals surface area contributed by atoms with Crippen LogP contribution in [0.4, 0.5) is 0 Å². The lowest BCUT2D eigenvalue weighted by Gasteiger charge is -2.45. The number of esters is 6. The van der Waals surface area contributed by atoms with Crippen molar-refractivity contribution in [1.82, 2.24) is 0 Å². The Bertz CT molecular complexity index is 1650. The lowest BCUT2D eigenvalue weighted by atomic mass is 9.87. The molecule has 0 aromatic heterocycles. The van der Waals surface area contributed by atoms with Gasteiger partial charge in [0, 0.05) is 25.7 Å². The summed E-state index contributed by atoms with van der Waals surface area (Å²) in [6.45, 7) is 6.31. The van der Waals surface area contributed by atoms with E-state index in [1.165, 1.54) is 50.3 Å². The molecule has 0 N–H and O–H groups in total. The highest BCUT2D eigenvalue weighted by atomic mass is 16.8. The maximum Gasteiger partial charge on any atom is 0.348 e. The van der Waals surface area contributed by atoms with Crippen molar-refractivity contribution in [3.8, 4) is 0 Å². The fraction of sp³-hybridized carbons (Fsp3) is 0.389. The fourth-order valence-corrected chi connectivity index (χ4v) is 5.31. The number of rotatable bonds is 8. The molecule has 5 aliphatic rings. The van der Waals surface area contributed by atoms with Gasteiger partial charge in [0.2, 0.25) is 0 Å². The smallest absolute Gasteiger partial charge is 0.348 e. The van der Waals surface area contributed by atoms with Crippen LogP contribution in [-0.4, -0.2) is 59.0 Å². The Morgan fingerprint density at radius 1 is 0.481 bits per heavy atom. The molecule has 0 aromatic rings. The first-order valence-electron chi connectivity index (χ1n) is 16.3. The minimum Gasteiger partial charge on any atom is -0.574 e. The molecule has 4 aliphatic heterocycles. The van der Waals surface area contributed by atoms with E-state index in [1.54, 1.807) is 13.8 Å². The van der Waals surface area contributed by atoms with Gasteiger partial charge in [0.25, 0.3) is 11.6 Å². The first-order chi connectivity index (χ1) is 24.5. The van der Waals surface area contributed by atoms with Gasteiger partial charge in [-0.25, -0.2) is 28.8 Å². The Kier molecular flexibility index (Phi) is 10.2. The first-order valence-corrected chi connectivity index (χ1v) is 16.3. The van der Waals surface area contributed by atoms with Crippen molar-refractivity contribution in [2.45, 2.75) is 89.4 Å². The third-order valence-electron chi connectivity index (χ3n) is 8.66. The Hall–Kier alpha value is -6.06. The van der Waals surface area contributed by atoms with Crippen molar-refractivity contribution < 1.29 is 76.9 Å². The zero-order valence-corrected chi connectivity index (χ0v) is 28.5. The second kappa shape index (κ2) is 14.3. The summed E-state index contributed by atoms with van der Waals surface area (Å²) in [5.74, 6) is -13.4. The van der Waals surface area contributed by atoms with Crippen LogP contribution in [0.3, 0.4) is 0 Å². The van der Waals surface area contributed by atoms with Gasteiger partial charge < -0.3 is 48.1 Å². The highest BCUT2D eigenvalue weighted by Gasteiger charge is 2.56. The van der Waals surface area contributed by atoms with E-state index in [-0.39, 0.29) is 49.7 Å². The molecule has 2 spiro atoms. The summed E-state index contributed by atoms with van der Waals surface area (Å²) in [7, 11) is 0. The summed E-state index contributed by atoms with van der Waals surface area (Å²) < 4.78 is 42.4. The highest BCUT2D eigenvalue weighted by molar-refractivity contribution is 6.16. The minimum absolute atomic E-state index is 0.149. The quantitative estimate of drug-likeness (QED) is 0.114. The van der Waals surface area contributed by atoms with E-state index < -0.39 is 82.0 Å². The number of ether oxygens (including phenoxy) is 8. The number of hydrogen-bond acceptors (Lipinski definition) is 16. The van der Waals surface area contributed by atoms with E-state index in [0.717, 1.165) is 24.3 Å². The van der Waals surface area contributed by atoms with Crippen molar-refractivity contribution >= 4 is 35.8 Å². The van der Waals surface area contributed by atoms with Gasteiger partial charge in [-0.1, -0.05) is 50.3 Å². The highest BCUT2D eigenvalue weighted by Crippen LogP contribution is 2.45. The van der Waals surface area contributed by atoms with Crippen molar-refractivity contribution in [3.63, 3.8) is 0 Å². The third kappa shape index (κ3) is 7.80. The van der Waals surface area contributed by atoms with Crippen molar-refractivity contribution in [2.75, 3.05) is 0 Å². The van der Waals surface area contributed by atoms with Crippen LogP contribution < -0.4 is 10.2 Å². The molecule has 16 nitrogen and oxygen atoms in total. The van der Waals surface area contributed by atoms with E-state index in [0.29, 0.717) is 0 Å². The molecule has 2 saturated heterocycles. The van der Waals surface area contributed by atoms with Crippen molar-refractivity contribution in [2.24, 2.45) is 0 Å². The van der Waals surface area contributed by atoms with Crippen LogP contribution in [0.25, 0.3) is 0 Å². The lowest BCUT2D eigenvalue weighted by molar-refractivity contribution is -0.397. The maximum absolute atomic E-state index is 12.8. The molecule has 1 aliphatic carbocycles. The molecule has 2 unspecified atom stereocenters. The van der Waals surface area contributed by atoms with Gasteiger partial charge in [-0.2, -0.15) is 0 Å². The van der Waals surface area contributed by atoms with Gasteiger partial charge in [-0.3, -0.25) is 0 Å². The summed E-state index contributed by atoms with van der Waals surface area (Å²) in [5.41, 5.74) is -1.52.